The van der Waals surface area contributed by atoms with E-state index in [4.69, 9.17) is 5.11 Å². The van der Waals surface area contributed by atoms with Crippen molar-refractivity contribution in [2.45, 2.75) is 33.7 Å². The molecule has 0 amide bonds. The standard InChI is InChI=1S/C11H18N2O2S/c1-5-13(6-10(14)15)8(3)11-7(2)12-9(4)16-11/h8H,5-6H2,1-4H3,(H,14,15). The van der Waals surface area contributed by atoms with E-state index in [9.17, 15) is 4.79 Å². The van der Waals surface area contributed by atoms with E-state index in [-0.39, 0.29) is 12.6 Å². The van der Waals surface area contributed by atoms with Crippen molar-refractivity contribution in [1.82, 2.24) is 9.88 Å². The van der Waals surface area contributed by atoms with Crippen molar-refractivity contribution in [3.8, 4) is 0 Å². The fourth-order valence-corrected chi connectivity index (χ4v) is 2.81. The first kappa shape index (κ1) is 13.1. The second-order valence-electron chi connectivity index (χ2n) is 3.82. The lowest BCUT2D eigenvalue weighted by molar-refractivity contribution is -0.138. The van der Waals surface area contributed by atoms with Gasteiger partial charge in [0, 0.05) is 10.9 Å². The highest BCUT2D eigenvalue weighted by atomic mass is 32.1. The summed E-state index contributed by atoms with van der Waals surface area (Å²) in [5, 5.41) is 9.86. The fourth-order valence-electron chi connectivity index (χ4n) is 1.80. The minimum absolute atomic E-state index is 0.0774. The summed E-state index contributed by atoms with van der Waals surface area (Å²) in [7, 11) is 0. The number of carboxylic acid groups (broad SMARTS) is 1. The molecule has 0 saturated heterocycles. The van der Waals surface area contributed by atoms with Gasteiger partial charge in [0.2, 0.25) is 0 Å². The van der Waals surface area contributed by atoms with Crippen molar-refractivity contribution >= 4 is 17.3 Å². The molecule has 1 atom stereocenters. The molecule has 0 radical (unpaired) electrons. The van der Waals surface area contributed by atoms with E-state index in [1.165, 1.54) is 4.88 Å². The Bertz CT molecular complexity index is 376. The van der Waals surface area contributed by atoms with Crippen molar-refractivity contribution in [2.24, 2.45) is 0 Å². The number of thiazole rings is 1. The molecule has 4 nitrogen and oxygen atoms in total. The molecular weight excluding hydrogens is 224 g/mol. The maximum Gasteiger partial charge on any atom is 0.317 e. The predicted octanol–water partition coefficient (Wildman–Crippen LogP) is 2.23. The second-order valence-corrected chi connectivity index (χ2v) is 5.05. The highest BCUT2D eigenvalue weighted by Gasteiger charge is 2.20. The van der Waals surface area contributed by atoms with E-state index in [1.807, 2.05) is 32.6 Å². The second kappa shape index (κ2) is 5.41. The SMILES string of the molecule is CCN(CC(=O)O)C(C)c1sc(C)nc1C. The molecular formula is C11H18N2O2S. The van der Waals surface area contributed by atoms with Gasteiger partial charge < -0.3 is 5.11 Å². The smallest absolute Gasteiger partial charge is 0.317 e. The third kappa shape index (κ3) is 3.02. The average molecular weight is 242 g/mol. The first-order chi connectivity index (χ1) is 7.45. The number of carboxylic acids is 1. The summed E-state index contributed by atoms with van der Waals surface area (Å²) in [6.07, 6.45) is 0. The van der Waals surface area contributed by atoms with Gasteiger partial charge in [-0.3, -0.25) is 9.69 Å². The van der Waals surface area contributed by atoms with Gasteiger partial charge >= 0.3 is 5.97 Å². The number of likely N-dealkylation sites (N-methyl/N-ethyl adjacent to an activating group) is 1. The molecule has 1 rings (SSSR count). The van der Waals surface area contributed by atoms with Crippen LogP contribution in [-0.2, 0) is 4.79 Å². The number of hydrogen-bond donors (Lipinski definition) is 1. The molecule has 1 unspecified atom stereocenters. The summed E-state index contributed by atoms with van der Waals surface area (Å²) in [6, 6.07) is 0.118. The van der Waals surface area contributed by atoms with Gasteiger partial charge in [0.15, 0.2) is 0 Å². The quantitative estimate of drug-likeness (QED) is 0.860. The van der Waals surface area contributed by atoms with Crippen LogP contribution in [0, 0.1) is 13.8 Å². The summed E-state index contributed by atoms with van der Waals surface area (Å²) in [5.41, 5.74) is 1.01. The summed E-state index contributed by atoms with van der Waals surface area (Å²) < 4.78 is 0. The molecule has 0 saturated carbocycles. The number of aliphatic carboxylic acids is 1. The van der Waals surface area contributed by atoms with Gasteiger partial charge in [-0.2, -0.15) is 0 Å². The van der Waals surface area contributed by atoms with Crippen LogP contribution in [0.1, 0.15) is 35.5 Å². The molecule has 0 aliphatic rings. The Morgan fingerprint density at radius 3 is 2.56 bits per heavy atom. The number of aryl methyl sites for hydroxylation is 2. The molecule has 1 N–H and O–H groups in total. The normalized spacial score (nSPS) is 13.1. The first-order valence-electron chi connectivity index (χ1n) is 5.35. The number of hydrogen-bond acceptors (Lipinski definition) is 4. The van der Waals surface area contributed by atoms with Crippen molar-refractivity contribution < 1.29 is 9.90 Å². The van der Waals surface area contributed by atoms with Gasteiger partial charge in [0.05, 0.1) is 17.2 Å². The van der Waals surface area contributed by atoms with E-state index in [0.29, 0.717) is 0 Å². The number of carbonyl (C=O) groups is 1. The molecule has 0 aromatic carbocycles. The average Bonchev–Trinajstić information content (AvgIpc) is 2.53. The number of rotatable bonds is 5. The maximum atomic E-state index is 10.7. The zero-order valence-electron chi connectivity index (χ0n) is 10.1. The minimum atomic E-state index is -0.785. The highest BCUT2D eigenvalue weighted by Crippen LogP contribution is 2.28. The zero-order chi connectivity index (χ0) is 12.3. The highest BCUT2D eigenvalue weighted by molar-refractivity contribution is 7.11. The lowest BCUT2D eigenvalue weighted by Crippen LogP contribution is -2.32. The molecule has 1 aromatic heterocycles. The van der Waals surface area contributed by atoms with Crippen molar-refractivity contribution in [2.75, 3.05) is 13.1 Å². The largest absolute Gasteiger partial charge is 0.480 e. The van der Waals surface area contributed by atoms with Crippen LogP contribution in [0.3, 0.4) is 0 Å². The van der Waals surface area contributed by atoms with Gasteiger partial charge in [-0.05, 0) is 27.3 Å². The molecule has 5 heteroatoms. The maximum absolute atomic E-state index is 10.7. The van der Waals surface area contributed by atoms with Gasteiger partial charge in [0.1, 0.15) is 0 Å². The number of aromatic nitrogens is 1. The molecule has 0 fully saturated rings. The fraction of sp³-hybridized carbons (Fsp3) is 0.636. The Labute approximate surface area is 99.9 Å². The van der Waals surface area contributed by atoms with E-state index >= 15 is 0 Å². The molecule has 0 aliphatic carbocycles. The van der Waals surface area contributed by atoms with Crippen LogP contribution in [0.15, 0.2) is 0 Å². The molecule has 0 aliphatic heterocycles. The predicted molar refractivity (Wildman–Crippen MR) is 64.9 cm³/mol. The first-order valence-corrected chi connectivity index (χ1v) is 6.17. The third-order valence-electron chi connectivity index (χ3n) is 2.61. The van der Waals surface area contributed by atoms with E-state index in [1.54, 1.807) is 11.3 Å². The van der Waals surface area contributed by atoms with Crippen molar-refractivity contribution in [3.63, 3.8) is 0 Å². The molecule has 0 bridgehead atoms. The van der Waals surface area contributed by atoms with Crippen LogP contribution >= 0.6 is 11.3 Å². The molecule has 90 valence electrons. The van der Waals surface area contributed by atoms with Gasteiger partial charge in [-0.1, -0.05) is 6.92 Å². The Kier molecular flexibility index (Phi) is 4.44. The monoisotopic (exact) mass is 242 g/mol. The van der Waals surface area contributed by atoms with Crippen molar-refractivity contribution in [3.05, 3.63) is 15.6 Å². The van der Waals surface area contributed by atoms with Crippen LogP contribution in [0.4, 0.5) is 0 Å². The summed E-state index contributed by atoms with van der Waals surface area (Å²) >= 11 is 1.65. The van der Waals surface area contributed by atoms with Crippen LogP contribution in [-0.4, -0.2) is 34.0 Å². The molecule has 0 spiro atoms. The summed E-state index contributed by atoms with van der Waals surface area (Å²) in [4.78, 5) is 18.2. The molecule has 1 heterocycles. The number of nitrogens with zero attached hydrogens (tertiary/aromatic N) is 2. The topological polar surface area (TPSA) is 53.4 Å². The molecule has 16 heavy (non-hydrogen) atoms. The van der Waals surface area contributed by atoms with Crippen molar-refractivity contribution in [1.29, 1.82) is 0 Å². The van der Waals surface area contributed by atoms with Crippen LogP contribution in [0.25, 0.3) is 0 Å². The lowest BCUT2D eigenvalue weighted by atomic mass is 10.2. The van der Waals surface area contributed by atoms with Crippen LogP contribution in [0.2, 0.25) is 0 Å². The Morgan fingerprint density at radius 1 is 1.56 bits per heavy atom. The van der Waals surface area contributed by atoms with Gasteiger partial charge in [0.25, 0.3) is 0 Å². The Hall–Kier alpha value is -0.940. The van der Waals surface area contributed by atoms with E-state index < -0.39 is 5.97 Å². The lowest BCUT2D eigenvalue weighted by Gasteiger charge is -2.25. The van der Waals surface area contributed by atoms with E-state index in [0.717, 1.165) is 17.2 Å². The Balaban J connectivity index is 2.86. The zero-order valence-corrected chi connectivity index (χ0v) is 11.0. The van der Waals surface area contributed by atoms with Gasteiger partial charge in [-0.15, -0.1) is 11.3 Å². The van der Waals surface area contributed by atoms with Crippen LogP contribution < -0.4 is 0 Å². The molecule has 1 aromatic rings. The van der Waals surface area contributed by atoms with E-state index in [2.05, 4.69) is 4.98 Å². The Morgan fingerprint density at radius 2 is 2.19 bits per heavy atom. The third-order valence-corrected chi connectivity index (χ3v) is 3.85. The van der Waals surface area contributed by atoms with Gasteiger partial charge in [-0.25, -0.2) is 4.98 Å². The minimum Gasteiger partial charge on any atom is -0.480 e. The summed E-state index contributed by atoms with van der Waals surface area (Å²) in [5.74, 6) is -0.785. The summed E-state index contributed by atoms with van der Waals surface area (Å²) in [6.45, 7) is 8.76. The van der Waals surface area contributed by atoms with Crippen LogP contribution in [0.5, 0.6) is 0 Å².